The van der Waals surface area contributed by atoms with Crippen LogP contribution in [-0.4, -0.2) is 27.8 Å². The fourth-order valence-corrected chi connectivity index (χ4v) is 3.81. The average molecular weight is 518 g/mol. The summed E-state index contributed by atoms with van der Waals surface area (Å²) in [7, 11) is -10.1. The largest absolute Gasteiger partial charge is 0.481 e. The Morgan fingerprint density at radius 3 is 2.15 bits per heavy atom. The van der Waals surface area contributed by atoms with E-state index in [-0.39, 0.29) is 6.54 Å². The first-order chi connectivity index (χ1) is 15.2. The van der Waals surface area contributed by atoms with Crippen molar-refractivity contribution in [3.63, 3.8) is 0 Å². The summed E-state index contributed by atoms with van der Waals surface area (Å²) in [6, 6.07) is 0. The van der Waals surface area contributed by atoms with Gasteiger partial charge in [0.05, 0.1) is 6.61 Å². The van der Waals surface area contributed by atoms with Crippen LogP contribution in [0.4, 0.5) is 28.9 Å². The van der Waals surface area contributed by atoms with Crippen molar-refractivity contribution >= 4 is 27.0 Å². The Hall–Kier alpha value is -2.21. The van der Waals surface area contributed by atoms with E-state index in [4.69, 9.17) is 20.2 Å². The molecule has 1 rings (SSSR count). The number of rotatable bonds is 12. The van der Waals surface area contributed by atoms with Crippen LogP contribution >= 0.6 is 15.6 Å². The molecule has 0 aliphatic carbocycles. The molecule has 1 unspecified atom stereocenters. The number of anilines is 1. The second-order valence-corrected chi connectivity index (χ2v) is 9.33. The first-order valence-electron chi connectivity index (χ1n) is 8.89. The van der Waals surface area contributed by atoms with Gasteiger partial charge in [0.25, 0.3) is 0 Å². The summed E-state index contributed by atoms with van der Waals surface area (Å²) >= 11 is 0. The molecule has 1 aromatic carbocycles. The number of azide groups is 1. The Morgan fingerprint density at radius 1 is 1.06 bits per heavy atom. The molecule has 0 amide bonds. The molecule has 0 radical (unpaired) electrons. The second kappa shape index (κ2) is 12.3. The molecule has 0 aliphatic rings. The summed E-state index contributed by atoms with van der Waals surface area (Å²) in [5.74, 6) is -7.16. The molecule has 33 heavy (non-hydrogen) atoms. The highest BCUT2D eigenvalue weighted by atomic mass is 31.3. The van der Waals surface area contributed by atoms with Gasteiger partial charge >= 0.3 is 15.6 Å². The summed E-state index contributed by atoms with van der Waals surface area (Å²) in [6.07, 6.45) is 3.82. The van der Waals surface area contributed by atoms with Gasteiger partial charge in [0.1, 0.15) is 11.4 Å². The highest BCUT2D eigenvalue weighted by molar-refractivity contribution is 7.60. The molecule has 0 aromatic heterocycles. The van der Waals surface area contributed by atoms with E-state index in [1.807, 2.05) is 0 Å². The Balaban J connectivity index is 2.65. The summed E-state index contributed by atoms with van der Waals surface area (Å²) in [6.45, 7) is 2.57. The van der Waals surface area contributed by atoms with Gasteiger partial charge in [0.15, 0.2) is 23.3 Å². The topological polar surface area (TPSA) is 174 Å². The highest BCUT2D eigenvalue weighted by Gasteiger charge is 2.31. The molecule has 17 heteroatoms. The quantitative estimate of drug-likeness (QED) is 0.0534. The zero-order chi connectivity index (χ0) is 25.4. The lowest BCUT2D eigenvalue weighted by Gasteiger charge is -2.12. The van der Waals surface area contributed by atoms with Gasteiger partial charge < -0.3 is 20.0 Å². The van der Waals surface area contributed by atoms with Crippen LogP contribution in [0.2, 0.25) is 0 Å². The molecule has 0 saturated carbocycles. The van der Waals surface area contributed by atoms with Crippen molar-refractivity contribution in [2.24, 2.45) is 5.11 Å². The van der Waals surface area contributed by atoms with Gasteiger partial charge in [-0.3, -0.25) is 4.52 Å². The monoisotopic (exact) mass is 518 g/mol. The molecule has 0 spiro atoms. The van der Waals surface area contributed by atoms with Crippen molar-refractivity contribution in [3.8, 4) is 0 Å². The van der Waals surface area contributed by atoms with Crippen LogP contribution in [0, 0.1) is 23.3 Å². The molecule has 0 aliphatic heterocycles. The lowest BCUT2D eigenvalue weighted by atomic mass is 10.1. The van der Waals surface area contributed by atoms with Crippen molar-refractivity contribution in [1.29, 1.82) is 0 Å². The molecular formula is C16H20F4N4O7P2. The standard InChI is InChI=1S/C16H20F4N4O7P2/c1-9(6-7-30-33(28,29)31-32(25,26)27)4-3-5-10(2)8-22-15-11(17)13(19)16(23-24-21)14(20)12(15)18/h5-6,22H,3-4,7-8H2,1-2H3,(H,28,29)(H2,25,26,27)/b9-6+,10-5+. The molecule has 0 fully saturated rings. The minimum atomic E-state index is -5.21. The zero-order valence-electron chi connectivity index (χ0n) is 17.2. The molecule has 1 atom stereocenters. The summed E-state index contributed by atoms with van der Waals surface area (Å²) < 4.78 is 85.3. The van der Waals surface area contributed by atoms with E-state index in [1.165, 1.54) is 6.08 Å². The number of phosphoric ester groups is 1. The molecular weight excluding hydrogens is 498 g/mol. The third kappa shape index (κ3) is 9.66. The first-order valence-corrected chi connectivity index (χ1v) is 11.9. The van der Waals surface area contributed by atoms with Crippen molar-refractivity contribution in [2.75, 3.05) is 18.5 Å². The molecule has 0 bridgehead atoms. The molecule has 4 N–H and O–H groups in total. The average Bonchev–Trinajstić information content (AvgIpc) is 2.67. The van der Waals surface area contributed by atoms with E-state index in [0.717, 1.165) is 0 Å². The number of phosphoric acid groups is 2. The van der Waals surface area contributed by atoms with Crippen LogP contribution in [0.5, 0.6) is 0 Å². The van der Waals surface area contributed by atoms with E-state index >= 15 is 0 Å². The second-order valence-electron chi connectivity index (χ2n) is 6.50. The van der Waals surface area contributed by atoms with Crippen molar-refractivity contribution in [1.82, 2.24) is 0 Å². The van der Waals surface area contributed by atoms with Crippen LogP contribution in [0.1, 0.15) is 26.7 Å². The van der Waals surface area contributed by atoms with E-state index in [0.29, 0.717) is 24.0 Å². The van der Waals surface area contributed by atoms with Crippen molar-refractivity contribution in [2.45, 2.75) is 26.7 Å². The van der Waals surface area contributed by atoms with E-state index in [2.05, 4.69) is 24.2 Å². The van der Waals surface area contributed by atoms with Gasteiger partial charge in [-0.1, -0.05) is 28.4 Å². The minimum Gasteiger partial charge on any atom is -0.376 e. The SMILES string of the molecule is C/C(=C\COP(=O)(O)OP(=O)(O)O)CC/C=C(\C)CNc1c(F)c(F)c(N=[N+]=[N-])c(F)c1F. The van der Waals surface area contributed by atoms with Gasteiger partial charge in [0.2, 0.25) is 0 Å². The summed E-state index contributed by atoms with van der Waals surface area (Å²) in [5, 5.41) is 4.83. The number of nitrogens with one attached hydrogen (secondary N) is 1. The van der Waals surface area contributed by atoms with Gasteiger partial charge in [0, 0.05) is 11.5 Å². The minimum absolute atomic E-state index is 0.174. The van der Waals surface area contributed by atoms with Crippen LogP contribution < -0.4 is 5.32 Å². The Labute approximate surface area is 185 Å². The van der Waals surface area contributed by atoms with Crippen molar-refractivity contribution < 1.29 is 50.2 Å². The third-order valence-electron chi connectivity index (χ3n) is 3.84. The number of benzene rings is 1. The number of hydrogen-bond donors (Lipinski definition) is 4. The lowest BCUT2D eigenvalue weighted by molar-refractivity contribution is 0.191. The predicted octanol–water partition coefficient (Wildman–Crippen LogP) is 5.50. The maximum Gasteiger partial charge on any atom is 0.481 e. The van der Waals surface area contributed by atoms with E-state index in [1.54, 1.807) is 19.9 Å². The lowest BCUT2D eigenvalue weighted by Crippen LogP contribution is -2.10. The highest BCUT2D eigenvalue weighted by Crippen LogP contribution is 2.57. The Kier molecular flexibility index (Phi) is 10.8. The predicted molar refractivity (Wildman–Crippen MR) is 109 cm³/mol. The maximum absolute atomic E-state index is 14.0. The summed E-state index contributed by atoms with van der Waals surface area (Å²) in [5.41, 5.74) is 6.97. The van der Waals surface area contributed by atoms with E-state index in [9.17, 15) is 26.7 Å². The maximum atomic E-state index is 14.0. The van der Waals surface area contributed by atoms with Crippen LogP contribution in [0.25, 0.3) is 10.4 Å². The number of allylic oxidation sites excluding steroid dienone is 2. The fraction of sp³-hybridized carbons (Fsp3) is 0.375. The van der Waals surface area contributed by atoms with Gasteiger partial charge in [-0.05, 0) is 32.2 Å². The molecule has 0 saturated heterocycles. The zero-order valence-corrected chi connectivity index (χ0v) is 19.0. The van der Waals surface area contributed by atoms with Gasteiger partial charge in [-0.2, -0.15) is 4.31 Å². The summed E-state index contributed by atoms with van der Waals surface area (Å²) in [4.78, 5) is 28.2. The van der Waals surface area contributed by atoms with Crippen LogP contribution in [0.15, 0.2) is 28.4 Å². The Bertz CT molecular complexity index is 1060. The van der Waals surface area contributed by atoms with E-state index < -0.39 is 56.9 Å². The normalized spacial score (nSPS) is 14.6. The molecule has 0 heterocycles. The number of halogens is 4. The van der Waals surface area contributed by atoms with Crippen LogP contribution in [0.3, 0.4) is 0 Å². The van der Waals surface area contributed by atoms with Crippen LogP contribution in [-0.2, 0) is 18.0 Å². The number of nitrogens with zero attached hydrogens (tertiary/aromatic N) is 3. The molecule has 1 aromatic rings. The smallest absolute Gasteiger partial charge is 0.376 e. The first kappa shape index (κ1) is 28.8. The molecule has 184 valence electrons. The van der Waals surface area contributed by atoms with Gasteiger partial charge in [-0.25, -0.2) is 26.7 Å². The Morgan fingerprint density at radius 2 is 1.64 bits per heavy atom. The van der Waals surface area contributed by atoms with Gasteiger partial charge in [-0.15, -0.1) is 0 Å². The van der Waals surface area contributed by atoms with Crippen molar-refractivity contribution in [3.05, 3.63) is 57.0 Å². The fourth-order valence-electron chi connectivity index (χ4n) is 2.29. The molecule has 11 nitrogen and oxygen atoms in total. The third-order valence-corrected chi connectivity index (χ3v) is 5.99. The number of hydrogen-bond acceptors (Lipinski definition) is 6.